The number of likely N-dealkylation sites (N-methyl/N-ethyl adjacent to an activating group) is 1. The molecule has 2 atom stereocenters. The number of hydrogen-bond acceptors (Lipinski definition) is 3. The van der Waals surface area contributed by atoms with Gasteiger partial charge in [-0.05, 0) is 25.5 Å². The van der Waals surface area contributed by atoms with E-state index in [9.17, 15) is 0 Å². The fourth-order valence-corrected chi connectivity index (χ4v) is 2.36. The normalized spacial score (nSPS) is 14.7. The topological polar surface area (TPSA) is 39.1 Å². The minimum Gasteiger partial charge on any atom is -0.379 e. The van der Waals surface area contributed by atoms with Gasteiger partial charge in [0.1, 0.15) is 0 Å². The minimum absolute atomic E-state index is 0.210. The number of nitrogens with zero attached hydrogens (tertiary/aromatic N) is 2. The summed E-state index contributed by atoms with van der Waals surface area (Å²) < 4.78 is 7.75. The Labute approximate surface area is 111 Å². The van der Waals surface area contributed by atoms with Crippen molar-refractivity contribution in [1.82, 2.24) is 15.1 Å². The molecule has 4 nitrogen and oxygen atoms in total. The second-order valence-corrected chi connectivity index (χ2v) is 4.58. The Morgan fingerprint density at radius 1 is 1.33 bits per heavy atom. The SMILES string of the molecule is CCCC(OC)C(NCC)c1ccnn1CCC. The third-order valence-electron chi connectivity index (χ3n) is 3.18. The average molecular weight is 253 g/mol. The Morgan fingerprint density at radius 3 is 2.67 bits per heavy atom. The van der Waals surface area contributed by atoms with Gasteiger partial charge >= 0.3 is 0 Å². The van der Waals surface area contributed by atoms with Gasteiger partial charge in [-0.1, -0.05) is 27.2 Å². The van der Waals surface area contributed by atoms with Gasteiger partial charge < -0.3 is 10.1 Å². The van der Waals surface area contributed by atoms with E-state index < -0.39 is 0 Å². The molecule has 0 aromatic carbocycles. The van der Waals surface area contributed by atoms with Gasteiger partial charge in [0.25, 0.3) is 0 Å². The summed E-state index contributed by atoms with van der Waals surface area (Å²) >= 11 is 0. The van der Waals surface area contributed by atoms with Gasteiger partial charge in [0, 0.05) is 19.9 Å². The summed E-state index contributed by atoms with van der Waals surface area (Å²) in [5, 5.41) is 7.94. The van der Waals surface area contributed by atoms with Crippen LogP contribution in [0.15, 0.2) is 12.3 Å². The highest BCUT2D eigenvalue weighted by molar-refractivity contribution is 5.09. The van der Waals surface area contributed by atoms with Crippen LogP contribution in [0.4, 0.5) is 0 Å². The number of rotatable bonds is 9. The molecule has 0 radical (unpaired) electrons. The Morgan fingerprint density at radius 2 is 2.11 bits per heavy atom. The van der Waals surface area contributed by atoms with Gasteiger partial charge in [0.05, 0.1) is 17.8 Å². The summed E-state index contributed by atoms with van der Waals surface area (Å²) in [6.45, 7) is 8.40. The van der Waals surface area contributed by atoms with E-state index in [2.05, 4.69) is 41.9 Å². The highest BCUT2D eigenvalue weighted by atomic mass is 16.5. The van der Waals surface area contributed by atoms with E-state index >= 15 is 0 Å². The molecule has 18 heavy (non-hydrogen) atoms. The Bertz CT molecular complexity index is 325. The maximum absolute atomic E-state index is 5.66. The van der Waals surface area contributed by atoms with Gasteiger partial charge in [-0.25, -0.2) is 0 Å². The molecule has 1 aromatic heterocycles. The fourth-order valence-electron chi connectivity index (χ4n) is 2.36. The van der Waals surface area contributed by atoms with Crippen LogP contribution in [-0.4, -0.2) is 29.5 Å². The zero-order valence-electron chi connectivity index (χ0n) is 12.1. The second kappa shape index (κ2) is 8.27. The molecule has 4 heteroatoms. The van der Waals surface area contributed by atoms with Crippen LogP contribution in [0.3, 0.4) is 0 Å². The maximum atomic E-state index is 5.66. The molecule has 0 amide bonds. The van der Waals surface area contributed by atoms with Gasteiger partial charge in [-0.15, -0.1) is 0 Å². The van der Waals surface area contributed by atoms with Crippen molar-refractivity contribution in [3.63, 3.8) is 0 Å². The first-order chi connectivity index (χ1) is 8.78. The van der Waals surface area contributed by atoms with E-state index in [0.717, 1.165) is 32.4 Å². The summed E-state index contributed by atoms with van der Waals surface area (Å²) in [5.41, 5.74) is 1.24. The predicted molar refractivity (Wildman–Crippen MR) is 74.6 cm³/mol. The van der Waals surface area contributed by atoms with Crippen molar-refractivity contribution < 1.29 is 4.74 Å². The van der Waals surface area contributed by atoms with Crippen LogP contribution in [0.25, 0.3) is 0 Å². The molecule has 0 aliphatic heterocycles. The highest BCUT2D eigenvalue weighted by Gasteiger charge is 2.24. The third kappa shape index (κ3) is 3.82. The lowest BCUT2D eigenvalue weighted by Crippen LogP contribution is -2.35. The van der Waals surface area contributed by atoms with Crippen LogP contribution >= 0.6 is 0 Å². The van der Waals surface area contributed by atoms with E-state index in [0.29, 0.717) is 0 Å². The van der Waals surface area contributed by atoms with Crippen molar-refractivity contribution in [2.45, 2.75) is 58.7 Å². The van der Waals surface area contributed by atoms with Crippen molar-refractivity contribution in [1.29, 1.82) is 0 Å². The molecule has 1 heterocycles. The number of methoxy groups -OCH3 is 1. The highest BCUT2D eigenvalue weighted by Crippen LogP contribution is 2.22. The molecule has 1 rings (SSSR count). The molecule has 1 N–H and O–H groups in total. The van der Waals surface area contributed by atoms with Crippen LogP contribution in [0, 0.1) is 0 Å². The lowest BCUT2D eigenvalue weighted by molar-refractivity contribution is 0.0582. The number of aryl methyl sites for hydroxylation is 1. The molecule has 2 unspecified atom stereocenters. The predicted octanol–water partition coefficient (Wildman–Crippen LogP) is 2.76. The number of ether oxygens (including phenoxy) is 1. The lowest BCUT2D eigenvalue weighted by atomic mass is 10.0. The minimum atomic E-state index is 0.210. The molecule has 104 valence electrons. The first-order valence-electron chi connectivity index (χ1n) is 7.06. The Kier molecular flexibility index (Phi) is 6.98. The zero-order chi connectivity index (χ0) is 13.4. The van der Waals surface area contributed by atoms with Gasteiger partial charge in [0.15, 0.2) is 0 Å². The Balaban J connectivity index is 2.90. The van der Waals surface area contributed by atoms with Gasteiger partial charge in [-0.3, -0.25) is 4.68 Å². The summed E-state index contributed by atoms with van der Waals surface area (Å²) in [6, 6.07) is 2.33. The molecule has 0 bridgehead atoms. The summed E-state index contributed by atoms with van der Waals surface area (Å²) in [7, 11) is 1.80. The van der Waals surface area contributed by atoms with E-state index in [1.54, 1.807) is 7.11 Å². The smallest absolute Gasteiger partial charge is 0.0781 e. The van der Waals surface area contributed by atoms with Crippen LogP contribution in [-0.2, 0) is 11.3 Å². The number of nitrogens with one attached hydrogen (secondary N) is 1. The van der Waals surface area contributed by atoms with Crippen molar-refractivity contribution in [2.24, 2.45) is 0 Å². The standard InChI is InChI=1S/C14H27N3O/c1-5-8-13(18-4)14(15-7-3)12-9-10-16-17(12)11-6-2/h9-10,13-15H,5-8,11H2,1-4H3. The van der Waals surface area contributed by atoms with E-state index in [4.69, 9.17) is 4.74 Å². The van der Waals surface area contributed by atoms with Crippen LogP contribution in [0.5, 0.6) is 0 Å². The first-order valence-corrected chi connectivity index (χ1v) is 7.06. The Hall–Kier alpha value is -0.870. The molecule has 0 saturated heterocycles. The van der Waals surface area contributed by atoms with Crippen LogP contribution < -0.4 is 5.32 Å². The maximum Gasteiger partial charge on any atom is 0.0781 e. The molecule has 0 spiro atoms. The second-order valence-electron chi connectivity index (χ2n) is 4.58. The average Bonchev–Trinajstić information content (AvgIpc) is 2.82. The molecule has 0 aliphatic carbocycles. The van der Waals surface area contributed by atoms with Crippen LogP contribution in [0.1, 0.15) is 51.8 Å². The molecular formula is C14H27N3O. The number of hydrogen-bond donors (Lipinski definition) is 1. The zero-order valence-corrected chi connectivity index (χ0v) is 12.1. The van der Waals surface area contributed by atoms with Gasteiger partial charge in [0.2, 0.25) is 0 Å². The third-order valence-corrected chi connectivity index (χ3v) is 3.18. The molecule has 0 aliphatic rings. The summed E-state index contributed by atoms with van der Waals surface area (Å²) in [4.78, 5) is 0. The van der Waals surface area contributed by atoms with Crippen LogP contribution in [0.2, 0.25) is 0 Å². The summed E-state index contributed by atoms with van der Waals surface area (Å²) in [6.07, 6.45) is 5.38. The van der Waals surface area contributed by atoms with Gasteiger partial charge in [-0.2, -0.15) is 5.10 Å². The van der Waals surface area contributed by atoms with Crippen molar-refractivity contribution >= 4 is 0 Å². The molecule has 0 saturated carbocycles. The monoisotopic (exact) mass is 253 g/mol. The number of aromatic nitrogens is 2. The molecule has 0 fully saturated rings. The molecule has 1 aromatic rings. The van der Waals surface area contributed by atoms with Crippen molar-refractivity contribution in [3.8, 4) is 0 Å². The van der Waals surface area contributed by atoms with Crippen molar-refractivity contribution in [3.05, 3.63) is 18.0 Å². The first kappa shape index (κ1) is 15.2. The fraction of sp³-hybridized carbons (Fsp3) is 0.786. The quantitative estimate of drug-likeness (QED) is 0.735. The van der Waals surface area contributed by atoms with E-state index in [1.807, 2.05) is 6.20 Å². The molecular weight excluding hydrogens is 226 g/mol. The lowest BCUT2D eigenvalue weighted by Gasteiger charge is -2.27. The summed E-state index contributed by atoms with van der Waals surface area (Å²) in [5.74, 6) is 0. The largest absolute Gasteiger partial charge is 0.379 e. The van der Waals surface area contributed by atoms with E-state index in [1.165, 1.54) is 5.69 Å². The van der Waals surface area contributed by atoms with E-state index in [-0.39, 0.29) is 12.1 Å². The van der Waals surface area contributed by atoms with Crippen molar-refractivity contribution in [2.75, 3.05) is 13.7 Å².